The maximum absolute atomic E-state index is 11.5. The monoisotopic (exact) mass is 292 g/mol. The van der Waals surface area contributed by atoms with Gasteiger partial charge in [0.2, 0.25) is 0 Å². The Bertz CT molecular complexity index is 597. The van der Waals surface area contributed by atoms with E-state index >= 15 is 0 Å². The number of nitrogens with one attached hydrogen (secondary N) is 1. The second-order valence-electron chi connectivity index (χ2n) is 3.81. The fourth-order valence-corrected chi connectivity index (χ4v) is 2.20. The molecule has 20 heavy (non-hydrogen) atoms. The Morgan fingerprint density at radius 3 is 2.70 bits per heavy atom. The quantitative estimate of drug-likeness (QED) is 0.881. The molecule has 0 unspecified atom stereocenters. The number of ether oxygens (including phenoxy) is 1. The second-order valence-corrected chi connectivity index (χ2v) is 4.75. The lowest BCUT2D eigenvalue weighted by molar-refractivity contribution is 0.0691. The zero-order valence-electron chi connectivity index (χ0n) is 10.4. The predicted molar refractivity (Wildman–Crippen MR) is 73.2 cm³/mol. The summed E-state index contributed by atoms with van der Waals surface area (Å²) in [6.07, 6.45) is -0.0896. The van der Waals surface area contributed by atoms with Crippen molar-refractivity contribution in [2.45, 2.75) is 6.42 Å². The van der Waals surface area contributed by atoms with Gasteiger partial charge in [-0.3, -0.25) is 0 Å². The van der Waals surface area contributed by atoms with E-state index in [4.69, 9.17) is 9.84 Å². The van der Waals surface area contributed by atoms with Gasteiger partial charge in [0.25, 0.3) is 0 Å². The highest BCUT2D eigenvalue weighted by Crippen LogP contribution is 2.10. The van der Waals surface area contributed by atoms with Gasteiger partial charge in [-0.2, -0.15) is 0 Å². The van der Waals surface area contributed by atoms with Gasteiger partial charge in [0.15, 0.2) is 5.69 Å². The van der Waals surface area contributed by atoms with E-state index in [1.165, 1.54) is 16.7 Å². The number of aromatic carboxylic acids is 1. The molecule has 0 bridgehead atoms. The average molecular weight is 292 g/mol. The summed E-state index contributed by atoms with van der Waals surface area (Å²) in [5.41, 5.74) is 0.0249. The molecule has 2 N–H and O–H groups in total. The topological polar surface area (TPSA) is 88.5 Å². The van der Waals surface area contributed by atoms with E-state index < -0.39 is 12.1 Å². The van der Waals surface area contributed by atoms with Crippen LogP contribution in [0.15, 0.2) is 35.7 Å². The van der Waals surface area contributed by atoms with Crippen molar-refractivity contribution >= 4 is 23.4 Å². The molecule has 2 rings (SSSR count). The number of hydrogen-bond donors (Lipinski definition) is 2. The number of aromatic nitrogens is 1. The summed E-state index contributed by atoms with van der Waals surface area (Å²) in [6, 6.07) is 8.73. The van der Waals surface area contributed by atoms with Crippen molar-refractivity contribution in [3.05, 3.63) is 46.4 Å². The summed E-state index contributed by atoms with van der Waals surface area (Å²) in [5.74, 6) is -0.587. The van der Waals surface area contributed by atoms with Crippen molar-refractivity contribution in [2.75, 3.05) is 6.54 Å². The molecule has 2 aromatic rings. The molecular weight excluding hydrogens is 280 g/mol. The number of amides is 1. The number of carboxylic acid groups (broad SMARTS) is 1. The van der Waals surface area contributed by atoms with Crippen LogP contribution in [0.1, 0.15) is 15.5 Å². The minimum absolute atomic E-state index is 0.0249. The van der Waals surface area contributed by atoms with Gasteiger partial charge in [-0.25, -0.2) is 14.6 Å². The van der Waals surface area contributed by atoms with Crippen LogP contribution in [0, 0.1) is 0 Å². The number of hydrogen-bond acceptors (Lipinski definition) is 5. The zero-order valence-corrected chi connectivity index (χ0v) is 11.2. The van der Waals surface area contributed by atoms with E-state index in [1.807, 2.05) is 6.07 Å². The molecule has 0 saturated heterocycles. The summed E-state index contributed by atoms with van der Waals surface area (Å²) < 4.78 is 5.03. The molecule has 104 valence electrons. The maximum atomic E-state index is 11.5. The van der Waals surface area contributed by atoms with Crippen LogP contribution >= 0.6 is 11.3 Å². The van der Waals surface area contributed by atoms with Gasteiger partial charge in [0, 0.05) is 18.3 Å². The van der Waals surface area contributed by atoms with Crippen LogP contribution in [0.25, 0.3) is 0 Å². The Hall–Kier alpha value is -2.41. The molecule has 0 spiro atoms. The summed E-state index contributed by atoms with van der Waals surface area (Å²) in [5, 5.41) is 13.4. The molecule has 0 fully saturated rings. The van der Waals surface area contributed by atoms with Gasteiger partial charge in [-0.1, -0.05) is 18.2 Å². The molecule has 1 aromatic carbocycles. The molecule has 0 aliphatic carbocycles. The Kier molecular flexibility index (Phi) is 4.67. The fourth-order valence-electron chi connectivity index (χ4n) is 1.43. The number of para-hydroxylation sites is 1. The number of carbonyl (C=O) groups excluding carboxylic acids is 1. The van der Waals surface area contributed by atoms with Gasteiger partial charge in [-0.15, -0.1) is 11.3 Å². The number of benzene rings is 1. The van der Waals surface area contributed by atoms with Crippen LogP contribution in [-0.2, 0) is 6.42 Å². The van der Waals surface area contributed by atoms with Gasteiger partial charge in [0.1, 0.15) is 5.75 Å². The molecule has 6 nitrogen and oxygen atoms in total. The second kappa shape index (κ2) is 6.67. The van der Waals surface area contributed by atoms with Gasteiger partial charge >= 0.3 is 12.1 Å². The highest BCUT2D eigenvalue weighted by molar-refractivity contribution is 7.09. The number of nitrogens with zero attached hydrogens (tertiary/aromatic N) is 1. The van der Waals surface area contributed by atoms with E-state index in [1.54, 1.807) is 24.3 Å². The van der Waals surface area contributed by atoms with Crippen molar-refractivity contribution in [1.82, 2.24) is 10.3 Å². The van der Waals surface area contributed by atoms with Crippen LogP contribution in [0.3, 0.4) is 0 Å². The number of rotatable bonds is 5. The Balaban J connectivity index is 1.75. The van der Waals surface area contributed by atoms with Crippen LogP contribution in [0.4, 0.5) is 4.79 Å². The predicted octanol–water partition coefficient (Wildman–Crippen LogP) is 2.17. The molecule has 1 heterocycles. The summed E-state index contributed by atoms with van der Waals surface area (Å²) in [6.45, 7) is 0.332. The molecular formula is C13H12N2O4S. The molecule has 0 aliphatic rings. The van der Waals surface area contributed by atoms with E-state index in [0.717, 1.165) is 0 Å². The first-order chi connectivity index (χ1) is 9.65. The lowest BCUT2D eigenvalue weighted by Gasteiger charge is -2.05. The average Bonchev–Trinajstić information content (AvgIpc) is 2.89. The normalized spacial score (nSPS) is 10.0. The van der Waals surface area contributed by atoms with Gasteiger partial charge < -0.3 is 15.2 Å². The van der Waals surface area contributed by atoms with Gasteiger partial charge in [0.05, 0.1) is 5.01 Å². The summed E-state index contributed by atoms with van der Waals surface area (Å²) in [7, 11) is 0. The van der Waals surface area contributed by atoms with Crippen molar-refractivity contribution in [3.8, 4) is 5.75 Å². The molecule has 0 saturated carbocycles. The Morgan fingerprint density at radius 2 is 2.05 bits per heavy atom. The van der Waals surface area contributed by atoms with E-state index in [9.17, 15) is 9.59 Å². The zero-order chi connectivity index (χ0) is 14.4. The third-order valence-corrected chi connectivity index (χ3v) is 3.24. The van der Waals surface area contributed by atoms with Crippen LogP contribution in [-0.4, -0.2) is 28.7 Å². The largest absolute Gasteiger partial charge is 0.476 e. The SMILES string of the molecule is O=C(NCCc1nc(C(=O)O)cs1)Oc1ccccc1. The third kappa shape index (κ3) is 4.06. The maximum Gasteiger partial charge on any atom is 0.412 e. The third-order valence-electron chi connectivity index (χ3n) is 2.33. The van der Waals surface area contributed by atoms with Crippen molar-refractivity contribution in [3.63, 3.8) is 0 Å². The molecule has 0 aliphatic heterocycles. The fraction of sp³-hybridized carbons (Fsp3) is 0.154. The van der Waals surface area contributed by atoms with Crippen LogP contribution in [0.2, 0.25) is 0 Å². The van der Waals surface area contributed by atoms with Crippen LogP contribution in [0.5, 0.6) is 5.75 Å². The van der Waals surface area contributed by atoms with Crippen molar-refractivity contribution < 1.29 is 19.4 Å². The molecule has 0 atom stereocenters. The first-order valence-electron chi connectivity index (χ1n) is 5.83. The number of thiazole rings is 1. The van der Waals surface area contributed by atoms with Gasteiger partial charge in [-0.05, 0) is 12.1 Å². The number of carbonyl (C=O) groups is 2. The molecule has 1 amide bonds. The lowest BCUT2D eigenvalue weighted by atomic mass is 10.3. The lowest BCUT2D eigenvalue weighted by Crippen LogP contribution is -2.28. The Labute approximate surface area is 119 Å². The van der Waals surface area contributed by atoms with Crippen LogP contribution < -0.4 is 10.1 Å². The molecule has 0 radical (unpaired) electrons. The standard InChI is InChI=1S/C13H12N2O4S/c16-12(17)10-8-20-11(15-10)6-7-14-13(18)19-9-4-2-1-3-5-9/h1-5,8H,6-7H2,(H,14,18)(H,16,17). The highest BCUT2D eigenvalue weighted by atomic mass is 32.1. The van der Waals surface area contributed by atoms with E-state index in [2.05, 4.69) is 10.3 Å². The minimum Gasteiger partial charge on any atom is -0.476 e. The smallest absolute Gasteiger partial charge is 0.412 e. The highest BCUT2D eigenvalue weighted by Gasteiger charge is 2.09. The molecule has 7 heteroatoms. The molecule has 1 aromatic heterocycles. The number of carboxylic acids is 1. The minimum atomic E-state index is -1.05. The summed E-state index contributed by atoms with van der Waals surface area (Å²) >= 11 is 1.25. The summed E-state index contributed by atoms with van der Waals surface area (Å²) in [4.78, 5) is 26.0. The van der Waals surface area contributed by atoms with Crippen molar-refractivity contribution in [1.29, 1.82) is 0 Å². The van der Waals surface area contributed by atoms with E-state index in [0.29, 0.717) is 23.7 Å². The van der Waals surface area contributed by atoms with E-state index in [-0.39, 0.29) is 5.69 Å². The van der Waals surface area contributed by atoms with Crippen molar-refractivity contribution in [2.24, 2.45) is 0 Å². The Morgan fingerprint density at radius 1 is 1.30 bits per heavy atom. The first kappa shape index (κ1) is 14.0. The first-order valence-corrected chi connectivity index (χ1v) is 6.71.